The quantitative estimate of drug-likeness (QED) is 0.729. The van der Waals surface area contributed by atoms with Crippen LogP contribution in [0.4, 0.5) is 0 Å². The van der Waals surface area contributed by atoms with Crippen LogP contribution in [0.25, 0.3) is 0 Å². The number of carbonyl (C=O) groups is 1. The van der Waals surface area contributed by atoms with E-state index in [1.165, 1.54) is 0 Å². The van der Waals surface area contributed by atoms with Crippen molar-refractivity contribution in [3.63, 3.8) is 0 Å². The molecular weight excluding hydrogens is 232 g/mol. The van der Waals surface area contributed by atoms with Crippen LogP contribution in [0.3, 0.4) is 0 Å². The van der Waals surface area contributed by atoms with Crippen LogP contribution < -0.4 is 5.73 Å². The summed E-state index contributed by atoms with van der Waals surface area (Å²) in [7, 11) is 1.92. The van der Waals surface area contributed by atoms with Crippen molar-refractivity contribution >= 4 is 17.7 Å². The van der Waals surface area contributed by atoms with Gasteiger partial charge in [0.2, 0.25) is 5.91 Å². The first-order valence-corrected chi connectivity index (χ1v) is 7.88. The number of carbonyl (C=O) groups excluding carboxylic acids is 1. The average molecular weight is 260 g/mol. The average Bonchev–Trinajstić information content (AvgIpc) is 2.37. The maximum Gasteiger partial charge on any atom is 0.230 e. The van der Waals surface area contributed by atoms with Gasteiger partial charge < -0.3 is 10.6 Å². The lowest BCUT2D eigenvalue weighted by Crippen LogP contribution is -2.50. The lowest BCUT2D eigenvalue weighted by Gasteiger charge is -2.37. The Balaban J connectivity index is 4.86. The molecule has 17 heavy (non-hydrogen) atoms. The van der Waals surface area contributed by atoms with Crippen molar-refractivity contribution < 1.29 is 4.79 Å². The SMILES string of the molecule is CCC(CSC)N(C)C(=O)C(CC)(CC)CN. The summed E-state index contributed by atoms with van der Waals surface area (Å²) in [5, 5.41) is 0. The topological polar surface area (TPSA) is 46.3 Å². The van der Waals surface area contributed by atoms with Crippen molar-refractivity contribution in [2.75, 3.05) is 25.6 Å². The number of rotatable bonds is 8. The molecule has 4 heteroatoms. The van der Waals surface area contributed by atoms with Crippen molar-refractivity contribution in [3.05, 3.63) is 0 Å². The van der Waals surface area contributed by atoms with Crippen molar-refractivity contribution in [1.82, 2.24) is 4.90 Å². The maximum absolute atomic E-state index is 12.6. The molecule has 1 unspecified atom stereocenters. The third kappa shape index (κ3) is 3.88. The van der Waals surface area contributed by atoms with Crippen LogP contribution in [0, 0.1) is 5.41 Å². The minimum Gasteiger partial charge on any atom is -0.341 e. The number of hydrogen-bond donors (Lipinski definition) is 1. The normalized spacial score (nSPS) is 13.5. The summed E-state index contributed by atoms with van der Waals surface area (Å²) < 4.78 is 0. The predicted molar refractivity (Wildman–Crippen MR) is 77.3 cm³/mol. The van der Waals surface area contributed by atoms with Gasteiger partial charge in [-0.05, 0) is 25.5 Å². The van der Waals surface area contributed by atoms with Gasteiger partial charge in [-0.15, -0.1) is 0 Å². The van der Waals surface area contributed by atoms with Gasteiger partial charge in [0, 0.05) is 25.4 Å². The Morgan fingerprint density at radius 3 is 2.18 bits per heavy atom. The first kappa shape index (κ1) is 16.8. The molecular formula is C13H28N2OS. The van der Waals surface area contributed by atoms with Gasteiger partial charge in [-0.25, -0.2) is 0 Å². The molecule has 0 aliphatic heterocycles. The van der Waals surface area contributed by atoms with E-state index in [0.717, 1.165) is 25.0 Å². The minimum absolute atomic E-state index is 0.214. The van der Waals surface area contributed by atoms with E-state index in [4.69, 9.17) is 5.73 Å². The van der Waals surface area contributed by atoms with Crippen LogP contribution in [0.5, 0.6) is 0 Å². The summed E-state index contributed by atoms with van der Waals surface area (Å²) in [5.74, 6) is 1.21. The zero-order valence-corrected chi connectivity index (χ0v) is 12.8. The van der Waals surface area contributed by atoms with Gasteiger partial charge in [0.15, 0.2) is 0 Å². The molecule has 0 aromatic rings. The number of amides is 1. The second-order valence-electron chi connectivity index (χ2n) is 4.63. The van der Waals surface area contributed by atoms with Gasteiger partial charge in [0.25, 0.3) is 0 Å². The Bertz CT molecular complexity index is 221. The zero-order chi connectivity index (χ0) is 13.5. The van der Waals surface area contributed by atoms with E-state index in [1.54, 1.807) is 11.8 Å². The predicted octanol–water partition coefficient (Wildman–Crippen LogP) is 2.35. The van der Waals surface area contributed by atoms with Gasteiger partial charge in [-0.3, -0.25) is 4.79 Å². The van der Waals surface area contributed by atoms with E-state index in [1.807, 2.05) is 11.9 Å². The number of hydrogen-bond acceptors (Lipinski definition) is 3. The van der Waals surface area contributed by atoms with Crippen molar-refractivity contribution in [1.29, 1.82) is 0 Å². The smallest absolute Gasteiger partial charge is 0.230 e. The third-order valence-corrected chi connectivity index (χ3v) is 4.61. The van der Waals surface area contributed by atoms with Gasteiger partial charge in [-0.1, -0.05) is 20.8 Å². The molecule has 0 heterocycles. The molecule has 102 valence electrons. The third-order valence-electron chi connectivity index (χ3n) is 3.90. The maximum atomic E-state index is 12.6. The molecule has 0 aromatic carbocycles. The molecule has 1 atom stereocenters. The minimum atomic E-state index is -0.361. The van der Waals surface area contributed by atoms with E-state index < -0.39 is 0 Å². The molecule has 1 amide bonds. The molecule has 0 aliphatic carbocycles. The van der Waals surface area contributed by atoms with Crippen LogP contribution in [-0.4, -0.2) is 42.4 Å². The standard InChI is InChI=1S/C13H28N2OS/c1-6-11(9-17-5)15(4)12(16)13(7-2,8-3)10-14/h11H,6-10,14H2,1-5H3. The molecule has 0 rings (SSSR count). The number of nitrogens with two attached hydrogens (primary N) is 1. The Morgan fingerprint density at radius 1 is 1.35 bits per heavy atom. The van der Waals surface area contributed by atoms with E-state index in [2.05, 4.69) is 27.0 Å². The van der Waals surface area contributed by atoms with Gasteiger partial charge >= 0.3 is 0 Å². The van der Waals surface area contributed by atoms with Gasteiger partial charge in [0.1, 0.15) is 0 Å². The lowest BCUT2D eigenvalue weighted by atomic mass is 9.80. The largest absolute Gasteiger partial charge is 0.341 e. The van der Waals surface area contributed by atoms with E-state index >= 15 is 0 Å². The highest BCUT2D eigenvalue weighted by Crippen LogP contribution is 2.28. The highest BCUT2D eigenvalue weighted by atomic mass is 32.2. The molecule has 0 saturated carbocycles. The van der Waals surface area contributed by atoms with Gasteiger partial charge in [-0.2, -0.15) is 11.8 Å². The van der Waals surface area contributed by atoms with Crippen LogP contribution in [0.2, 0.25) is 0 Å². The Morgan fingerprint density at radius 2 is 1.88 bits per heavy atom. The zero-order valence-electron chi connectivity index (χ0n) is 12.0. The first-order chi connectivity index (χ1) is 8.02. The highest BCUT2D eigenvalue weighted by Gasteiger charge is 2.37. The fraction of sp³-hybridized carbons (Fsp3) is 0.923. The van der Waals surface area contributed by atoms with E-state index in [0.29, 0.717) is 12.6 Å². The summed E-state index contributed by atoms with van der Waals surface area (Å²) in [5.41, 5.74) is 5.47. The second kappa shape index (κ2) is 7.98. The molecule has 0 aromatic heterocycles. The summed E-state index contributed by atoms with van der Waals surface area (Å²) >= 11 is 1.79. The fourth-order valence-electron chi connectivity index (χ4n) is 2.16. The molecule has 2 N–H and O–H groups in total. The summed E-state index contributed by atoms with van der Waals surface area (Å²) in [6.45, 7) is 6.68. The molecule has 0 bridgehead atoms. The highest BCUT2D eigenvalue weighted by molar-refractivity contribution is 7.98. The molecule has 0 saturated heterocycles. The molecule has 0 spiro atoms. The van der Waals surface area contributed by atoms with Crippen molar-refractivity contribution in [2.24, 2.45) is 11.1 Å². The van der Waals surface area contributed by atoms with Crippen LogP contribution in [0.15, 0.2) is 0 Å². The van der Waals surface area contributed by atoms with E-state index in [9.17, 15) is 4.79 Å². The fourth-order valence-corrected chi connectivity index (χ4v) is 3.01. The molecule has 0 aliphatic rings. The second-order valence-corrected chi connectivity index (χ2v) is 5.54. The van der Waals surface area contributed by atoms with Crippen LogP contribution >= 0.6 is 11.8 Å². The first-order valence-electron chi connectivity index (χ1n) is 6.49. The Hall–Kier alpha value is -0.220. The molecule has 0 fully saturated rings. The van der Waals surface area contributed by atoms with Crippen molar-refractivity contribution in [2.45, 2.75) is 46.1 Å². The summed E-state index contributed by atoms with van der Waals surface area (Å²) in [6, 6.07) is 0.321. The van der Waals surface area contributed by atoms with Crippen LogP contribution in [-0.2, 0) is 4.79 Å². The lowest BCUT2D eigenvalue weighted by molar-refractivity contribution is -0.142. The molecule has 3 nitrogen and oxygen atoms in total. The van der Waals surface area contributed by atoms with Crippen LogP contribution in [0.1, 0.15) is 40.0 Å². The Labute approximate surface area is 111 Å². The molecule has 0 radical (unpaired) electrons. The summed E-state index contributed by atoms with van der Waals surface area (Å²) in [6.07, 6.45) is 4.71. The van der Waals surface area contributed by atoms with Gasteiger partial charge in [0.05, 0.1) is 5.41 Å². The monoisotopic (exact) mass is 260 g/mol. The van der Waals surface area contributed by atoms with E-state index in [-0.39, 0.29) is 11.3 Å². The number of thioether (sulfide) groups is 1. The summed E-state index contributed by atoms with van der Waals surface area (Å²) in [4.78, 5) is 14.5. The number of nitrogens with zero attached hydrogens (tertiary/aromatic N) is 1. The van der Waals surface area contributed by atoms with Crippen molar-refractivity contribution in [3.8, 4) is 0 Å². The Kier molecular flexibility index (Phi) is 7.88.